The van der Waals surface area contributed by atoms with Crippen molar-refractivity contribution in [3.8, 4) is 0 Å². The first kappa shape index (κ1) is 13.5. The third kappa shape index (κ3) is 4.12. The maximum Gasteiger partial charge on any atom is 0.0547 e. The lowest BCUT2D eigenvalue weighted by Gasteiger charge is -2.23. The fraction of sp³-hybridized carbons (Fsp3) is 0.583. The van der Waals surface area contributed by atoms with Crippen LogP contribution in [0.3, 0.4) is 0 Å². The van der Waals surface area contributed by atoms with Gasteiger partial charge in [0, 0.05) is 24.9 Å². The molecule has 1 rings (SSSR count). The lowest BCUT2D eigenvalue weighted by Crippen LogP contribution is -2.30. The summed E-state index contributed by atoms with van der Waals surface area (Å²) in [7, 11) is 2.14. The Hall–Kier alpha value is -0.580. The molecule has 0 aliphatic carbocycles. The molecule has 16 heavy (non-hydrogen) atoms. The van der Waals surface area contributed by atoms with Crippen LogP contribution in [-0.4, -0.2) is 35.0 Å². The molecule has 0 radical (unpaired) electrons. The van der Waals surface area contributed by atoms with Gasteiger partial charge in [0.15, 0.2) is 0 Å². The van der Waals surface area contributed by atoms with Crippen molar-refractivity contribution >= 4 is 11.8 Å². The highest BCUT2D eigenvalue weighted by atomic mass is 32.2. The van der Waals surface area contributed by atoms with Crippen LogP contribution in [0.5, 0.6) is 0 Å². The second-order valence-corrected chi connectivity index (χ2v) is 4.95. The van der Waals surface area contributed by atoms with E-state index >= 15 is 0 Å². The molecule has 0 saturated carbocycles. The molecule has 3 nitrogen and oxygen atoms in total. The van der Waals surface area contributed by atoms with Crippen molar-refractivity contribution in [3.05, 3.63) is 29.6 Å². The molecule has 2 N–H and O–H groups in total. The smallest absolute Gasteiger partial charge is 0.0547 e. The van der Waals surface area contributed by atoms with E-state index in [0.717, 1.165) is 23.7 Å². The minimum atomic E-state index is 0.512. The van der Waals surface area contributed by atoms with Crippen LogP contribution < -0.4 is 5.73 Å². The van der Waals surface area contributed by atoms with Crippen molar-refractivity contribution in [3.63, 3.8) is 0 Å². The molecule has 0 aromatic carbocycles. The molecule has 0 fully saturated rings. The van der Waals surface area contributed by atoms with E-state index in [1.165, 1.54) is 0 Å². The quantitative estimate of drug-likeness (QED) is 0.821. The van der Waals surface area contributed by atoms with Gasteiger partial charge in [-0.15, -0.1) is 0 Å². The van der Waals surface area contributed by atoms with Crippen LogP contribution >= 0.6 is 11.8 Å². The van der Waals surface area contributed by atoms with Crippen molar-refractivity contribution < 1.29 is 0 Å². The van der Waals surface area contributed by atoms with E-state index < -0.39 is 0 Å². The highest BCUT2D eigenvalue weighted by Crippen LogP contribution is 2.08. The minimum absolute atomic E-state index is 0.512. The number of nitrogens with two attached hydrogens (primary N) is 1. The van der Waals surface area contributed by atoms with Gasteiger partial charge in [-0.3, -0.25) is 9.88 Å². The first-order valence-electron chi connectivity index (χ1n) is 5.51. The molecule has 0 spiro atoms. The molecular formula is C12H21N3S. The molecule has 0 saturated heterocycles. The zero-order valence-electron chi connectivity index (χ0n) is 10.3. The number of nitrogens with zero attached hydrogens (tertiary/aromatic N) is 2. The normalized spacial score (nSPS) is 13.1. The molecule has 0 aliphatic rings. The summed E-state index contributed by atoms with van der Waals surface area (Å²) in [5.41, 5.74) is 7.63. The van der Waals surface area contributed by atoms with Crippen LogP contribution in [0.25, 0.3) is 0 Å². The van der Waals surface area contributed by atoms with Crippen LogP contribution in [-0.2, 0) is 13.1 Å². The average molecular weight is 239 g/mol. The Labute approximate surface area is 102 Å². The highest BCUT2D eigenvalue weighted by Gasteiger charge is 2.09. The number of hydrogen-bond donors (Lipinski definition) is 1. The molecule has 90 valence electrons. The Morgan fingerprint density at radius 1 is 1.44 bits per heavy atom. The van der Waals surface area contributed by atoms with Crippen LogP contribution in [0.4, 0.5) is 0 Å². The predicted octanol–water partition coefficient (Wildman–Crippen LogP) is 1.72. The molecule has 1 aromatic heterocycles. The SMILES string of the molecule is CSCC(C)N(C)Cc1cccc(CN)n1. The Balaban J connectivity index is 2.58. The molecule has 1 aromatic rings. The summed E-state index contributed by atoms with van der Waals surface area (Å²) in [5.74, 6) is 1.15. The van der Waals surface area contributed by atoms with Gasteiger partial charge in [0.2, 0.25) is 0 Å². The van der Waals surface area contributed by atoms with Gasteiger partial charge in [-0.05, 0) is 32.4 Å². The van der Waals surface area contributed by atoms with E-state index in [2.05, 4.69) is 36.2 Å². The number of thioether (sulfide) groups is 1. The van der Waals surface area contributed by atoms with E-state index in [0.29, 0.717) is 12.6 Å². The molecule has 0 bridgehead atoms. The van der Waals surface area contributed by atoms with Crippen LogP contribution in [0.2, 0.25) is 0 Å². The minimum Gasteiger partial charge on any atom is -0.325 e. The summed E-state index contributed by atoms with van der Waals surface area (Å²) in [4.78, 5) is 6.82. The zero-order valence-corrected chi connectivity index (χ0v) is 11.1. The summed E-state index contributed by atoms with van der Waals surface area (Å²) in [5, 5.41) is 0. The Bertz CT molecular complexity index is 317. The third-order valence-electron chi connectivity index (χ3n) is 2.65. The predicted molar refractivity (Wildman–Crippen MR) is 71.4 cm³/mol. The Morgan fingerprint density at radius 2 is 2.12 bits per heavy atom. The standard InChI is InChI=1S/C12H21N3S/c1-10(9-16-3)15(2)8-12-6-4-5-11(7-13)14-12/h4-6,10H,7-9,13H2,1-3H3. The van der Waals surface area contributed by atoms with Crippen molar-refractivity contribution in [2.45, 2.75) is 26.1 Å². The van der Waals surface area contributed by atoms with Crippen molar-refractivity contribution in [2.24, 2.45) is 5.73 Å². The summed E-state index contributed by atoms with van der Waals surface area (Å²) >= 11 is 1.87. The van der Waals surface area contributed by atoms with Crippen LogP contribution in [0.15, 0.2) is 18.2 Å². The lowest BCUT2D eigenvalue weighted by molar-refractivity contribution is 0.266. The molecular weight excluding hydrogens is 218 g/mol. The molecule has 1 unspecified atom stereocenters. The molecule has 1 heterocycles. The molecule has 0 aliphatic heterocycles. The summed E-state index contributed by atoms with van der Waals surface area (Å²) in [6.07, 6.45) is 2.14. The maximum absolute atomic E-state index is 5.58. The van der Waals surface area contributed by atoms with E-state index in [1.54, 1.807) is 0 Å². The maximum atomic E-state index is 5.58. The molecule has 1 atom stereocenters. The third-order valence-corrected chi connectivity index (χ3v) is 3.46. The van der Waals surface area contributed by atoms with Crippen LogP contribution in [0, 0.1) is 0 Å². The van der Waals surface area contributed by atoms with E-state index in [-0.39, 0.29) is 0 Å². The Morgan fingerprint density at radius 3 is 2.75 bits per heavy atom. The number of aromatic nitrogens is 1. The monoisotopic (exact) mass is 239 g/mol. The van der Waals surface area contributed by atoms with Gasteiger partial charge in [-0.2, -0.15) is 11.8 Å². The largest absolute Gasteiger partial charge is 0.325 e. The van der Waals surface area contributed by atoms with Gasteiger partial charge in [0.05, 0.1) is 11.4 Å². The second kappa shape index (κ2) is 6.89. The fourth-order valence-electron chi connectivity index (χ4n) is 1.51. The molecule has 0 amide bonds. The van der Waals surface area contributed by atoms with E-state index in [4.69, 9.17) is 5.73 Å². The first-order chi connectivity index (χ1) is 7.67. The van der Waals surface area contributed by atoms with Crippen molar-refractivity contribution in [1.29, 1.82) is 0 Å². The van der Waals surface area contributed by atoms with Gasteiger partial charge in [0.1, 0.15) is 0 Å². The van der Waals surface area contributed by atoms with Gasteiger partial charge in [-0.1, -0.05) is 6.07 Å². The summed E-state index contributed by atoms with van der Waals surface area (Å²) in [6, 6.07) is 6.62. The van der Waals surface area contributed by atoms with Gasteiger partial charge < -0.3 is 5.73 Å². The highest BCUT2D eigenvalue weighted by molar-refractivity contribution is 7.98. The first-order valence-corrected chi connectivity index (χ1v) is 6.90. The number of hydrogen-bond acceptors (Lipinski definition) is 4. The van der Waals surface area contributed by atoms with Gasteiger partial charge >= 0.3 is 0 Å². The fourth-order valence-corrected chi connectivity index (χ4v) is 2.25. The lowest BCUT2D eigenvalue weighted by atomic mass is 10.2. The van der Waals surface area contributed by atoms with Gasteiger partial charge in [-0.25, -0.2) is 0 Å². The topological polar surface area (TPSA) is 42.1 Å². The summed E-state index contributed by atoms with van der Waals surface area (Å²) < 4.78 is 0. The van der Waals surface area contributed by atoms with E-state index in [1.807, 2.05) is 23.9 Å². The summed E-state index contributed by atoms with van der Waals surface area (Å²) in [6.45, 7) is 3.64. The second-order valence-electron chi connectivity index (χ2n) is 4.04. The Kier molecular flexibility index (Phi) is 5.80. The van der Waals surface area contributed by atoms with Crippen molar-refractivity contribution in [1.82, 2.24) is 9.88 Å². The number of pyridine rings is 1. The number of rotatable bonds is 6. The van der Waals surface area contributed by atoms with Crippen LogP contribution in [0.1, 0.15) is 18.3 Å². The van der Waals surface area contributed by atoms with Gasteiger partial charge in [0.25, 0.3) is 0 Å². The van der Waals surface area contributed by atoms with Crippen molar-refractivity contribution in [2.75, 3.05) is 19.1 Å². The van der Waals surface area contributed by atoms with E-state index in [9.17, 15) is 0 Å². The molecule has 4 heteroatoms. The average Bonchev–Trinajstić information content (AvgIpc) is 2.29. The zero-order chi connectivity index (χ0) is 12.0.